The standard InChI is InChI=1S/C21H21NO3/c23-11-18(19(25)12-24)22-10-16-7-6-15-5-4-13-2-1-3-14-8-9-17(16)21(15)20(13)14/h1-9,18-19,22-25H,10-12H2. The maximum Gasteiger partial charge on any atom is 0.0945 e. The third-order valence-corrected chi connectivity index (χ3v) is 5.02. The highest BCUT2D eigenvalue weighted by Gasteiger charge is 2.17. The van der Waals surface area contributed by atoms with Gasteiger partial charge in [0.1, 0.15) is 0 Å². The van der Waals surface area contributed by atoms with Crippen LogP contribution in [0, 0.1) is 0 Å². The van der Waals surface area contributed by atoms with E-state index in [0.29, 0.717) is 6.54 Å². The Hall–Kier alpha value is -2.24. The second-order valence-electron chi connectivity index (χ2n) is 6.50. The van der Waals surface area contributed by atoms with E-state index < -0.39 is 12.1 Å². The largest absolute Gasteiger partial charge is 0.395 e. The van der Waals surface area contributed by atoms with Crippen molar-refractivity contribution in [3.63, 3.8) is 0 Å². The van der Waals surface area contributed by atoms with Crippen molar-refractivity contribution in [2.45, 2.75) is 18.7 Å². The lowest BCUT2D eigenvalue weighted by Gasteiger charge is -2.21. The Kier molecular flexibility index (Phi) is 4.27. The molecular weight excluding hydrogens is 314 g/mol. The molecule has 0 amide bonds. The highest BCUT2D eigenvalue weighted by Crippen LogP contribution is 2.35. The molecule has 4 rings (SSSR count). The van der Waals surface area contributed by atoms with Gasteiger partial charge in [0.15, 0.2) is 0 Å². The van der Waals surface area contributed by atoms with Crippen LogP contribution in [0.25, 0.3) is 32.3 Å². The van der Waals surface area contributed by atoms with E-state index in [1.165, 1.54) is 32.3 Å². The molecule has 0 heterocycles. The number of nitrogens with one attached hydrogen (secondary N) is 1. The summed E-state index contributed by atoms with van der Waals surface area (Å²) in [7, 11) is 0. The third kappa shape index (κ3) is 2.73. The van der Waals surface area contributed by atoms with Crippen molar-refractivity contribution in [3.05, 3.63) is 60.2 Å². The molecule has 0 aliphatic heterocycles. The van der Waals surface area contributed by atoms with E-state index in [9.17, 15) is 10.2 Å². The molecule has 4 nitrogen and oxygen atoms in total. The van der Waals surface area contributed by atoms with Gasteiger partial charge in [-0.1, -0.05) is 54.6 Å². The van der Waals surface area contributed by atoms with Gasteiger partial charge >= 0.3 is 0 Å². The predicted molar refractivity (Wildman–Crippen MR) is 101 cm³/mol. The first-order valence-electron chi connectivity index (χ1n) is 8.51. The summed E-state index contributed by atoms with van der Waals surface area (Å²) in [6, 6.07) is 18.6. The van der Waals surface area contributed by atoms with Gasteiger partial charge in [-0.05, 0) is 37.9 Å². The van der Waals surface area contributed by atoms with E-state index in [1.54, 1.807) is 0 Å². The summed E-state index contributed by atoms with van der Waals surface area (Å²) in [5.74, 6) is 0. The summed E-state index contributed by atoms with van der Waals surface area (Å²) in [5.41, 5.74) is 1.11. The summed E-state index contributed by atoms with van der Waals surface area (Å²) in [6.07, 6.45) is -0.982. The molecule has 25 heavy (non-hydrogen) atoms. The minimum absolute atomic E-state index is 0.229. The number of benzene rings is 4. The van der Waals surface area contributed by atoms with Crippen LogP contribution in [0.4, 0.5) is 0 Å². The molecule has 4 N–H and O–H groups in total. The molecule has 4 heteroatoms. The van der Waals surface area contributed by atoms with Gasteiger partial charge in [0.25, 0.3) is 0 Å². The smallest absolute Gasteiger partial charge is 0.0945 e. The van der Waals surface area contributed by atoms with Crippen LogP contribution in [0.2, 0.25) is 0 Å². The van der Waals surface area contributed by atoms with Crippen LogP contribution >= 0.6 is 0 Å². The van der Waals surface area contributed by atoms with E-state index in [0.717, 1.165) is 5.56 Å². The Morgan fingerprint density at radius 2 is 1.40 bits per heavy atom. The highest BCUT2D eigenvalue weighted by molar-refractivity contribution is 6.23. The summed E-state index contributed by atoms with van der Waals surface area (Å²) in [4.78, 5) is 0. The minimum atomic E-state index is -0.982. The van der Waals surface area contributed by atoms with Crippen molar-refractivity contribution in [1.29, 1.82) is 0 Å². The fourth-order valence-electron chi connectivity index (χ4n) is 3.64. The zero-order valence-electron chi connectivity index (χ0n) is 13.8. The average Bonchev–Trinajstić information content (AvgIpc) is 2.67. The molecule has 128 valence electrons. The van der Waals surface area contributed by atoms with Crippen LogP contribution in [0.5, 0.6) is 0 Å². The van der Waals surface area contributed by atoms with Gasteiger partial charge in [0.2, 0.25) is 0 Å². The SMILES string of the molecule is OCC(O)C(CO)NCc1ccc2ccc3cccc4ccc1c2c34. The lowest BCUT2D eigenvalue weighted by atomic mass is 9.92. The normalized spacial score (nSPS) is 14.5. The van der Waals surface area contributed by atoms with Crippen LogP contribution in [0.15, 0.2) is 54.6 Å². The molecule has 2 unspecified atom stereocenters. The van der Waals surface area contributed by atoms with Crippen LogP contribution in [0.1, 0.15) is 5.56 Å². The minimum Gasteiger partial charge on any atom is -0.395 e. The Morgan fingerprint density at radius 3 is 2.08 bits per heavy atom. The first kappa shape index (κ1) is 16.2. The van der Waals surface area contributed by atoms with E-state index in [4.69, 9.17) is 5.11 Å². The zero-order valence-corrected chi connectivity index (χ0v) is 13.8. The first-order valence-corrected chi connectivity index (χ1v) is 8.51. The molecule has 0 saturated heterocycles. The van der Waals surface area contributed by atoms with Crippen molar-refractivity contribution in [2.24, 2.45) is 0 Å². The summed E-state index contributed by atoms with van der Waals surface area (Å²) in [6.45, 7) is -0.0965. The van der Waals surface area contributed by atoms with Gasteiger partial charge in [0.05, 0.1) is 25.4 Å². The third-order valence-electron chi connectivity index (χ3n) is 5.02. The maximum absolute atomic E-state index is 9.76. The van der Waals surface area contributed by atoms with E-state index in [2.05, 4.69) is 59.9 Å². The van der Waals surface area contributed by atoms with Gasteiger partial charge < -0.3 is 20.6 Å². The molecule has 0 spiro atoms. The van der Waals surface area contributed by atoms with Gasteiger partial charge in [-0.25, -0.2) is 0 Å². The summed E-state index contributed by atoms with van der Waals surface area (Å²) >= 11 is 0. The van der Waals surface area contributed by atoms with E-state index in [1.807, 2.05) is 0 Å². The second-order valence-corrected chi connectivity index (χ2v) is 6.50. The summed E-state index contributed by atoms with van der Waals surface area (Å²) < 4.78 is 0. The Morgan fingerprint density at radius 1 is 0.760 bits per heavy atom. The Bertz CT molecular complexity index is 998. The molecule has 0 saturated carbocycles. The maximum atomic E-state index is 9.76. The molecule has 0 fully saturated rings. The van der Waals surface area contributed by atoms with Gasteiger partial charge in [-0.2, -0.15) is 0 Å². The number of hydrogen-bond donors (Lipinski definition) is 4. The Labute approximate surface area is 145 Å². The van der Waals surface area contributed by atoms with Crippen LogP contribution < -0.4 is 5.32 Å². The van der Waals surface area contributed by atoms with E-state index in [-0.39, 0.29) is 13.2 Å². The zero-order chi connectivity index (χ0) is 17.4. The first-order chi connectivity index (χ1) is 12.2. The van der Waals surface area contributed by atoms with Crippen molar-refractivity contribution in [2.75, 3.05) is 13.2 Å². The van der Waals surface area contributed by atoms with Crippen LogP contribution in [-0.2, 0) is 6.54 Å². The predicted octanol–water partition coefficient (Wildman–Crippen LogP) is 2.39. The van der Waals surface area contributed by atoms with Crippen molar-refractivity contribution in [1.82, 2.24) is 5.32 Å². The second kappa shape index (κ2) is 6.58. The molecule has 0 aliphatic carbocycles. The molecule has 4 aromatic carbocycles. The lowest BCUT2D eigenvalue weighted by Crippen LogP contribution is -2.44. The monoisotopic (exact) mass is 335 g/mol. The summed E-state index contributed by atoms with van der Waals surface area (Å²) in [5, 5.41) is 38.8. The molecule has 2 atom stereocenters. The average molecular weight is 335 g/mol. The van der Waals surface area contributed by atoms with Crippen molar-refractivity contribution >= 4 is 32.3 Å². The lowest BCUT2D eigenvalue weighted by molar-refractivity contribution is 0.0411. The Balaban J connectivity index is 1.80. The van der Waals surface area contributed by atoms with Crippen LogP contribution in [-0.4, -0.2) is 40.7 Å². The van der Waals surface area contributed by atoms with Crippen molar-refractivity contribution in [3.8, 4) is 0 Å². The van der Waals surface area contributed by atoms with Gasteiger partial charge in [-0.3, -0.25) is 0 Å². The number of aliphatic hydroxyl groups excluding tert-OH is 3. The molecule has 0 radical (unpaired) electrons. The number of aliphatic hydroxyl groups is 3. The molecule has 0 aliphatic rings. The quantitative estimate of drug-likeness (QED) is 0.408. The molecule has 0 aromatic heterocycles. The fourth-order valence-corrected chi connectivity index (χ4v) is 3.64. The molecule has 4 aromatic rings. The highest BCUT2D eigenvalue weighted by atomic mass is 16.3. The molecular formula is C21H21NO3. The van der Waals surface area contributed by atoms with Gasteiger partial charge in [-0.15, -0.1) is 0 Å². The van der Waals surface area contributed by atoms with Crippen molar-refractivity contribution < 1.29 is 15.3 Å². The molecule has 0 bridgehead atoms. The topological polar surface area (TPSA) is 72.7 Å². The number of hydrogen-bond acceptors (Lipinski definition) is 4. The fraction of sp³-hybridized carbons (Fsp3) is 0.238. The van der Waals surface area contributed by atoms with E-state index >= 15 is 0 Å². The number of rotatable bonds is 6. The van der Waals surface area contributed by atoms with Crippen LogP contribution in [0.3, 0.4) is 0 Å². The van der Waals surface area contributed by atoms with Gasteiger partial charge in [0, 0.05) is 6.54 Å².